The number of aromatic nitrogens is 1. The van der Waals surface area contributed by atoms with Gasteiger partial charge in [-0.2, -0.15) is 0 Å². The van der Waals surface area contributed by atoms with Crippen LogP contribution in [0.3, 0.4) is 0 Å². The largest absolute Gasteiger partial charge is 0.491 e. The number of aliphatic hydroxyl groups excluding tert-OH is 1. The van der Waals surface area contributed by atoms with Gasteiger partial charge in [-0.25, -0.2) is 0 Å². The molecule has 2 unspecified atom stereocenters. The van der Waals surface area contributed by atoms with Gasteiger partial charge in [0.1, 0.15) is 18.5 Å². The number of aryl methyl sites for hydroxylation is 2. The molecule has 2 N–H and O–H groups in total. The molecule has 0 radical (unpaired) electrons. The van der Waals surface area contributed by atoms with Crippen LogP contribution in [0.2, 0.25) is 5.02 Å². The summed E-state index contributed by atoms with van der Waals surface area (Å²) in [5.74, 6) is 1.63. The lowest BCUT2D eigenvalue weighted by molar-refractivity contribution is -0.138. The summed E-state index contributed by atoms with van der Waals surface area (Å²) >= 11 is 6.38. The summed E-state index contributed by atoms with van der Waals surface area (Å²) in [6.07, 6.45) is 17.2. The molecule has 0 bridgehead atoms. The lowest BCUT2D eigenvalue weighted by Crippen LogP contribution is -2.39. The standard InChI is InChI=1S/C36H43ClN2O4/c37-30-11-14-33-29(21-30)8-7-28-2-1-17-38-36(28)35(33)27-15-18-39(19-16-27)22-31(40)23-43-32-12-9-26(10-13-32)25-5-3-24(4-6-25)20-34(41)42/h1-2,9,11-14,17,21,24-26,31,40H,3-8,10,15-16,18-20,22-23H2,(H,41,42). The fourth-order valence-electron chi connectivity index (χ4n) is 7.57. The predicted octanol–water partition coefficient (Wildman–Crippen LogP) is 6.85. The molecule has 1 saturated carbocycles. The number of nitrogens with zero attached hydrogens (tertiary/aromatic N) is 2. The minimum atomic E-state index is -0.675. The molecule has 1 saturated heterocycles. The Morgan fingerprint density at radius 2 is 1.86 bits per heavy atom. The number of carboxylic acids is 1. The van der Waals surface area contributed by atoms with E-state index in [2.05, 4.69) is 41.3 Å². The van der Waals surface area contributed by atoms with E-state index in [4.69, 9.17) is 26.4 Å². The molecular formula is C36H43ClN2O4. The summed E-state index contributed by atoms with van der Waals surface area (Å²) in [4.78, 5) is 18.2. The van der Waals surface area contributed by atoms with Gasteiger partial charge in [-0.3, -0.25) is 14.7 Å². The predicted molar refractivity (Wildman–Crippen MR) is 170 cm³/mol. The minimum absolute atomic E-state index is 0.289. The van der Waals surface area contributed by atoms with Crippen molar-refractivity contribution in [3.63, 3.8) is 0 Å². The van der Waals surface area contributed by atoms with Gasteiger partial charge in [0.15, 0.2) is 0 Å². The molecule has 4 aliphatic rings. The first-order valence-corrected chi connectivity index (χ1v) is 16.4. The molecule has 6 nitrogen and oxygen atoms in total. The third-order valence-electron chi connectivity index (χ3n) is 9.91. The van der Waals surface area contributed by atoms with Crippen LogP contribution >= 0.6 is 11.6 Å². The molecule has 43 heavy (non-hydrogen) atoms. The van der Waals surface area contributed by atoms with E-state index in [0.29, 0.717) is 30.7 Å². The van der Waals surface area contributed by atoms with Gasteiger partial charge in [0.2, 0.25) is 0 Å². The molecule has 1 aromatic carbocycles. The Morgan fingerprint density at radius 1 is 1.07 bits per heavy atom. The first-order valence-electron chi connectivity index (χ1n) is 16.0. The van der Waals surface area contributed by atoms with Gasteiger partial charge in [-0.15, -0.1) is 0 Å². The van der Waals surface area contributed by atoms with Crippen molar-refractivity contribution < 1.29 is 19.7 Å². The third-order valence-corrected chi connectivity index (χ3v) is 10.1. The van der Waals surface area contributed by atoms with Gasteiger partial charge in [0.05, 0.1) is 5.69 Å². The van der Waals surface area contributed by atoms with Crippen LogP contribution in [-0.4, -0.2) is 58.4 Å². The number of carbonyl (C=O) groups is 1. The zero-order chi connectivity index (χ0) is 29.8. The van der Waals surface area contributed by atoms with Crippen molar-refractivity contribution in [2.75, 3.05) is 26.2 Å². The topological polar surface area (TPSA) is 82.9 Å². The van der Waals surface area contributed by atoms with E-state index in [0.717, 1.165) is 87.4 Å². The number of ether oxygens (including phenoxy) is 1. The van der Waals surface area contributed by atoms with E-state index in [1.54, 1.807) is 0 Å². The highest BCUT2D eigenvalue weighted by Gasteiger charge is 2.29. The normalized spacial score (nSPS) is 24.9. The Hall–Kier alpha value is -2.93. The highest BCUT2D eigenvalue weighted by molar-refractivity contribution is 6.30. The molecule has 2 aromatic rings. The van der Waals surface area contributed by atoms with Gasteiger partial charge in [0.25, 0.3) is 0 Å². The molecule has 228 valence electrons. The summed E-state index contributed by atoms with van der Waals surface area (Å²) in [7, 11) is 0. The number of allylic oxidation sites excluding steroid dienone is 3. The maximum atomic E-state index is 11.0. The van der Waals surface area contributed by atoms with E-state index >= 15 is 0 Å². The SMILES string of the molecule is O=C(O)CC1CCC(C2C=CC(OCC(O)CN3CCC(=C4c5ccc(Cl)cc5CCc5cccnc54)CC3)=CC2)CC1. The lowest BCUT2D eigenvalue weighted by Gasteiger charge is -2.33. The van der Waals surface area contributed by atoms with Crippen LogP contribution < -0.4 is 0 Å². The summed E-state index contributed by atoms with van der Waals surface area (Å²) in [6.45, 7) is 2.69. The van der Waals surface area contributed by atoms with Crippen molar-refractivity contribution in [1.82, 2.24) is 9.88 Å². The smallest absolute Gasteiger partial charge is 0.303 e. The summed E-state index contributed by atoms with van der Waals surface area (Å²) in [5, 5.41) is 20.7. The van der Waals surface area contributed by atoms with E-state index in [-0.39, 0.29) is 6.61 Å². The highest BCUT2D eigenvalue weighted by atomic mass is 35.5. The van der Waals surface area contributed by atoms with E-state index < -0.39 is 12.1 Å². The molecule has 0 spiro atoms. The van der Waals surface area contributed by atoms with Crippen LogP contribution in [0.15, 0.2) is 66.1 Å². The van der Waals surface area contributed by atoms with Crippen molar-refractivity contribution >= 4 is 23.1 Å². The Morgan fingerprint density at radius 3 is 2.60 bits per heavy atom. The molecule has 2 atom stereocenters. The number of rotatable bonds is 8. The molecule has 2 fully saturated rings. The van der Waals surface area contributed by atoms with E-state index in [1.807, 2.05) is 18.3 Å². The Labute approximate surface area is 260 Å². The second-order valence-electron chi connectivity index (χ2n) is 12.8. The summed E-state index contributed by atoms with van der Waals surface area (Å²) < 4.78 is 6.00. The molecular weight excluding hydrogens is 560 g/mol. The molecule has 2 heterocycles. The number of aliphatic carboxylic acids is 1. The average Bonchev–Trinajstić information content (AvgIpc) is 3.17. The van der Waals surface area contributed by atoms with Crippen molar-refractivity contribution in [2.45, 2.75) is 70.3 Å². The first kappa shape index (κ1) is 30.1. The number of likely N-dealkylation sites (tertiary alicyclic amines) is 1. The van der Waals surface area contributed by atoms with Crippen LogP contribution in [-0.2, 0) is 22.4 Å². The number of β-amino-alcohol motifs (C(OH)–C–C–N with tert-alkyl or cyclic N) is 1. The monoisotopic (exact) mass is 602 g/mol. The number of benzene rings is 1. The molecule has 6 rings (SSSR count). The fraction of sp³-hybridized carbons (Fsp3) is 0.500. The maximum Gasteiger partial charge on any atom is 0.303 e. The Balaban J connectivity index is 0.996. The van der Waals surface area contributed by atoms with Gasteiger partial charge < -0.3 is 14.9 Å². The van der Waals surface area contributed by atoms with Crippen LogP contribution in [0.4, 0.5) is 0 Å². The van der Waals surface area contributed by atoms with Crippen molar-refractivity contribution in [3.05, 3.63) is 93.5 Å². The number of aliphatic hydroxyl groups is 1. The molecule has 7 heteroatoms. The number of hydrogen-bond acceptors (Lipinski definition) is 5. The summed E-state index contributed by atoms with van der Waals surface area (Å²) in [5.41, 5.74) is 7.69. The van der Waals surface area contributed by atoms with Crippen LogP contribution in [0.1, 0.15) is 73.8 Å². The zero-order valence-corrected chi connectivity index (χ0v) is 25.6. The van der Waals surface area contributed by atoms with Gasteiger partial charge >= 0.3 is 5.97 Å². The Bertz CT molecular complexity index is 1400. The quantitative estimate of drug-likeness (QED) is 0.344. The molecule has 3 aliphatic carbocycles. The number of fused-ring (bicyclic) bond motifs is 2. The minimum Gasteiger partial charge on any atom is -0.491 e. The third kappa shape index (κ3) is 7.42. The number of halogens is 1. The van der Waals surface area contributed by atoms with Crippen molar-refractivity contribution in [1.29, 1.82) is 0 Å². The second kappa shape index (κ2) is 13.8. The molecule has 1 aromatic heterocycles. The van der Waals surface area contributed by atoms with Crippen molar-refractivity contribution in [3.8, 4) is 0 Å². The average molecular weight is 603 g/mol. The lowest BCUT2D eigenvalue weighted by atomic mass is 9.73. The van der Waals surface area contributed by atoms with Crippen LogP contribution in [0.25, 0.3) is 5.57 Å². The van der Waals surface area contributed by atoms with Crippen LogP contribution in [0.5, 0.6) is 0 Å². The fourth-order valence-corrected chi connectivity index (χ4v) is 7.77. The summed E-state index contributed by atoms with van der Waals surface area (Å²) in [6, 6.07) is 10.5. The van der Waals surface area contributed by atoms with E-state index in [1.165, 1.54) is 27.8 Å². The van der Waals surface area contributed by atoms with Crippen molar-refractivity contribution in [2.24, 2.45) is 17.8 Å². The molecule has 0 amide bonds. The first-order chi connectivity index (χ1) is 20.9. The van der Waals surface area contributed by atoms with Gasteiger partial charge in [-0.05, 0) is 123 Å². The zero-order valence-electron chi connectivity index (χ0n) is 24.9. The van der Waals surface area contributed by atoms with Gasteiger partial charge in [0, 0.05) is 42.8 Å². The maximum absolute atomic E-state index is 11.0. The highest BCUT2D eigenvalue weighted by Crippen LogP contribution is 2.40. The number of carboxylic acid groups (broad SMARTS) is 1. The number of piperidine rings is 1. The Kier molecular flexibility index (Phi) is 9.66. The number of hydrogen-bond donors (Lipinski definition) is 2. The second-order valence-corrected chi connectivity index (χ2v) is 13.2. The molecule has 1 aliphatic heterocycles. The van der Waals surface area contributed by atoms with E-state index in [9.17, 15) is 9.90 Å². The number of pyridine rings is 1. The van der Waals surface area contributed by atoms with Crippen LogP contribution in [0, 0.1) is 17.8 Å². The van der Waals surface area contributed by atoms with Gasteiger partial charge in [-0.1, -0.05) is 35.4 Å².